The lowest BCUT2D eigenvalue weighted by Crippen LogP contribution is -2.35. The van der Waals surface area contributed by atoms with Crippen molar-refractivity contribution >= 4 is 5.91 Å². The monoisotopic (exact) mass is 379 g/mol. The van der Waals surface area contributed by atoms with Crippen molar-refractivity contribution in [1.82, 2.24) is 35.0 Å². The standard InChI is InChI=1S/C19H21N7O2/c27-18-12-16(26-14-21-22-23-26)5-6-17(18)19(28)25-9-3-8-24(10-11-25)13-15-4-1-2-7-20-15/h1-2,4-7,12,14,27H,3,8-11,13H2. The summed E-state index contributed by atoms with van der Waals surface area (Å²) in [5, 5.41) is 21.3. The van der Waals surface area contributed by atoms with E-state index in [1.165, 1.54) is 17.1 Å². The van der Waals surface area contributed by atoms with Crippen LogP contribution in [0.1, 0.15) is 22.5 Å². The molecule has 1 saturated heterocycles. The Bertz CT molecular complexity index is 931. The molecule has 1 amide bonds. The van der Waals surface area contributed by atoms with Gasteiger partial charge in [0.2, 0.25) is 0 Å². The normalized spacial score (nSPS) is 15.4. The van der Waals surface area contributed by atoms with Gasteiger partial charge < -0.3 is 10.0 Å². The predicted molar refractivity (Wildman–Crippen MR) is 101 cm³/mol. The lowest BCUT2D eigenvalue weighted by molar-refractivity contribution is 0.0758. The average Bonchev–Trinajstić information content (AvgIpc) is 3.16. The Kier molecular flexibility index (Phi) is 5.24. The SMILES string of the molecule is O=C(c1ccc(-n2cnnn2)cc1O)N1CCCN(Cc2ccccn2)CC1. The number of pyridine rings is 1. The predicted octanol–water partition coefficient (Wildman–Crippen LogP) is 1.11. The zero-order valence-corrected chi connectivity index (χ0v) is 15.3. The number of tetrazole rings is 1. The van der Waals surface area contributed by atoms with Crippen LogP contribution < -0.4 is 0 Å². The van der Waals surface area contributed by atoms with Gasteiger partial charge >= 0.3 is 0 Å². The van der Waals surface area contributed by atoms with Crippen LogP contribution in [0.5, 0.6) is 5.75 Å². The van der Waals surface area contributed by atoms with E-state index < -0.39 is 0 Å². The molecule has 0 spiro atoms. The number of rotatable bonds is 4. The third-order valence-electron chi connectivity index (χ3n) is 4.81. The molecular formula is C19H21N7O2. The Balaban J connectivity index is 1.42. The van der Waals surface area contributed by atoms with E-state index in [-0.39, 0.29) is 17.2 Å². The second kappa shape index (κ2) is 8.13. The van der Waals surface area contributed by atoms with Crippen molar-refractivity contribution in [2.45, 2.75) is 13.0 Å². The fraction of sp³-hybridized carbons (Fsp3) is 0.316. The first kappa shape index (κ1) is 18.1. The Morgan fingerprint density at radius 2 is 2.04 bits per heavy atom. The average molecular weight is 379 g/mol. The number of aromatic nitrogens is 5. The van der Waals surface area contributed by atoms with Crippen LogP contribution in [0.25, 0.3) is 5.69 Å². The summed E-state index contributed by atoms with van der Waals surface area (Å²) in [6.45, 7) is 3.72. The Morgan fingerprint density at radius 1 is 1.11 bits per heavy atom. The summed E-state index contributed by atoms with van der Waals surface area (Å²) < 4.78 is 1.43. The van der Waals surface area contributed by atoms with Gasteiger partial charge in [-0.15, -0.1) is 5.10 Å². The van der Waals surface area contributed by atoms with Gasteiger partial charge in [-0.1, -0.05) is 6.07 Å². The summed E-state index contributed by atoms with van der Waals surface area (Å²) in [6.07, 6.45) is 4.11. The smallest absolute Gasteiger partial charge is 0.257 e. The summed E-state index contributed by atoms with van der Waals surface area (Å²) in [6, 6.07) is 10.7. The molecule has 1 N–H and O–H groups in total. The zero-order valence-electron chi connectivity index (χ0n) is 15.3. The maximum absolute atomic E-state index is 12.9. The molecule has 9 heteroatoms. The van der Waals surface area contributed by atoms with Crippen molar-refractivity contribution in [2.24, 2.45) is 0 Å². The summed E-state index contributed by atoms with van der Waals surface area (Å²) in [5.74, 6) is -0.243. The maximum Gasteiger partial charge on any atom is 0.257 e. The van der Waals surface area contributed by atoms with E-state index in [2.05, 4.69) is 25.4 Å². The van der Waals surface area contributed by atoms with Gasteiger partial charge in [0.05, 0.1) is 16.9 Å². The minimum Gasteiger partial charge on any atom is -0.507 e. The van der Waals surface area contributed by atoms with Crippen molar-refractivity contribution in [3.8, 4) is 11.4 Å². The molecule has 2 aromatic heterocycles. The van der Waals surface area contributed by atoms with Crippen molar-refractivity contribution in [2.75, 3.05) is 26.2 Å². The number of benzene rings is 1. The summed E-state index contributed by atoms with van der Waals surface area (Å²) >= 11 is 0. The number of phenolic OH excluding ortho intramolecular Hbond substituents is 1. The van der Waals surface area contributed by atoms with Crippen LogP contribution in [0.4, 0.5) is 0 Å². The van der Waals surface area contributed by atoms with Crippen molar-refractivity contribution < 1.29 is 9.90 Å². The van der Waals surface area contributed by atoms with E-state index in [0.29, 0.717) is 18.8 Å². The highest BCUT2D eigenvalue weighted by atomic mass is 16.3. The summed E-state index contributed by atoms with van der Waals surface area (Å²) in [4.78, 5) is 21.4. The highest BCUT2D eigenvalue weighted by Gasteiger charge is 2.23. The molecule has 0 bridgehead atoms. The van der Waals surface area contributed by atoms with Gasteiger partial charge in [0.25, 0.3) is 5.91 Å². The van der Waals surface area contributed by atoms with Gasteiger partial charge in [0.1, 0.15) is 12.1 Å². The van der Waals surface area contributed by atoms with Gasteiger partial charge in [-0.3, -0.25) is 14.7 Å². The fourth-order valence-electron chi connectivity index (χ4n) is 3.35. The van der Waals surface area contributed by atoms with Crippen LogP contribution in [0, 0.1) is 0 Å². The van der Waals surface area contributed by atoms with E-state index in [9.17, 15) is 9.90 Å². The molecule has 0 radical (unpaired) electrons. The molecule has 0 aliphatic carbocycles. The highest BCUT2D eigenvalue weighted by molar-refractivity contribution is 5.97. The van der Waals surface area contributed by atoms with Gasteiger partial charge in [0, 0.05) is 45.0 Å². The topological polar surface area (TPSA) is 100 Å². The van der Waals surface area contributed by atoms with Gasteiger partial charge in [-0.2, -0.15) is 0 Å². The number of carbonyl (C=O) groups excluding carboxylic acids is 1. The third kappa shape index (κ3) is 3.99. The molecule has 0 atom stereocenters. The molecule has 28 heavy (non-hydrogen) atoms. The lowest BCUT2D eigenvalue weighted by Gasteiger charge is -2.22. The van der Waals surface area contributed by atoms with Gasteiger partial charge in [-0.25, -0.2) is 4.68 Å². The molecule has 1 fully saturated rings. The van der Waals surface area contributed by atoms with E-state index in [1.54, 1.807) is 23.2 Å². The molecule has 144 valence electrons. The molecule has 4 rings (SSSR count). The maximum atomic E-state index is 12.9. The number of aromatic hydroxyl groups is 1. The number of phenols is 1. The molecule has 1 aliphatic rings. The fourth-order valence-corrected chi connectivity index (χ4v) is 3.35. The lowest BCUT2D eigenvalue weighted by atomic mass is 10.1. The highest BCUT2D eigenvalue weighted by Crippen LogP contribution is 2.23. The van der Waals surface area contributed by atoms with Crippen LogP contribution in [-0.2, 0) is 6.54 Å². The number of hydrogen-bond donors (Lipinski definition) is 1. The van der Waals surface area contributed by atoms with Crippen LogP contribution >= 0.6 is 0 Å². The molecule has 0 unspecified atom stereocenters. The van der Waals surface area contributed by atoms with E-state index in [1.807, 2.05) is 18.2 Å². The minimum absolute atomic E-state index is 0.0763. The third-order valence-corrected chi connectivity index (χ3v) is 4.81. The minimum atomic E-state index is -0.166. The Labute approximate surface area is 162 Å². The molecule has 9 nitrogen and oxygen atoms in total. The van der Waals surface area contributed by atoms with E-state index >= 15 is 0 Å². The molecule has 1 aromatic carbocycles. The first-order valence-corrected chi connectivity index (χ1v) is 9.18. The van der Waals surface area contributed by atoms with Gasteiger partial charge in [0.15, 0.2) is 0 Å². The number of amides is 1. The number of carbonyl (C=O) groups is 1. The second-order valence-electron chi connectivity index (χ2n) is 6.70. The largest absolute Gasteiger partial charge is 0.507 e. The number of hydrogen-bond acceptors (Lipinski definition) is 7. The molecule has 3 heterocycles. The molecule has 3 aromatic rings. The Hall–Kier alpha value is -3.33. The first-order valence-electron chi connectivity index (χ1n) is 9.18. The van der Waals surface area contributed by atoms with E-state index in [4.69, 9.17) is 0 Å². The molecular weight excluding hydrogens is 358 g/mol. The van der Waals surface area contributed by atoms with Gasteiger partial charge in [-0.05, 0) is 41.1 Å². The molecule has 0 saturated carbocycles. The van der Waals surface area contributed by atoms with Crippen molar-refractivity contribution in [3.05, 3.63) is 60.2 Å². The van der Waals surface area contributed by atoms with Crippen LogP contribution in [-0.4, -0.2) is 72.2 Å². The molecule has 1 aliphatic heterocycles. The van der Waals surface area contributed by atoms with Crippen molar-refractivity contribution in [1.29, 1.82) is 0 Å². The van der Waals surface area contributed by atoms with Crippen LogP contribution in [0.3, 0.4) is 0 Å². The Morgan fingerprint density at radius 3 is 2.79 bits per heavy atom. The second-order valence-corrected chi connectivity index (χ2v) is 6.70. The summed E-state index contributed by atoms with van der Waals surface area (Å²) in [7, 11) is 0. The number of nitrogens with zero attached hydrogens (tertiary/aromatic N) is 7. The van der Waals surface area contributed by atoms with Crippen molar-refractivity contribution in [3.63, 3.8) is 0 Å². The van der Waals surface area contributed by atoms with Crippen LogP contribution in [0.15, 0.2) is 48.9 Å². The summed E-state index contributed by atoms with van der Waals surface area (Å²) in [5.41, 5.74) is 1.91. The quantitative estimate of drug-likeness (QED) is 0.725. The first-order chi connectivity index (χ1) is 13.7. The van der Waals surface area contributed by atoms with Crippen LogP contribution in [0.2, 0.25) is 0 Å². The van der Waals surface area contributed by atoms with E-state index in [0.717, 1.165) is 31.7 Å². The zero-order chi connectivity index (χ0) is 19.3.